The van der Waals surface area contributed by atoms with E-state index in [9.17, 15) is 61.0 Å². The Labute approximate surface area is 380 Å². The van der Waals surface area contributed by atoms with E-state index in [1.807, 2.05) is 0 Å². The second kappa shape index (κ2) is 17.2. The lowest BCUT2D eigenvalue weighted by molar-refractivity contribution is -0.388. The van der Waals surface area contributed by atoms with Crippen molar-refractivity contribution >= 4 is 5.97 Å². The molecule has 3 aliphatic heterocycles. The van der Waals surface area contributed by atoms with Crippen LogP contribution in [0.2, 0.25) is 0 Å². The summed E-state index contributed by atoms with van der Waals surface area (Å²) in [5.74, 6) is -0.866. The number of aliphatic hydroxyl groups excluding tert-OH is 9. The van der Waals surface area contributed by atoms with Gasteiger partial charge in [-0.2, -0.15) is 0 Å². The summed E-state index contributed by atoms with van der Waals surface area (Å²) in [6.07, 6.45) is -12.8. The van der Waals surface area contributed by atoms with Crippen molar-refractivity contribution in [2.75, 3.05) is 26.4 Å². The molecule has 0 amide bonds. The molecule has 8 aliphatic rings. The zero-order chi connectivity index (χ0) is 47.6. The van der Waals surface area contributed by atoms with Gasteiger partial charge in [0.25, 0.3) is 0 Å². The van der Waals surface area contributed by atoms with Gasteiger partial charge in [0.2, 0.25) is 0 Å². The summed E-state index contributed by atoms with van der Waals surface area (Å²) in [6, 6.07) is 0. The Balaban J connectivity index is 1.06. The van der Waals surface area contributed by atoms with Gasteiger partial charge in [0, 0.05) is 0 Å². The molecule has 0 aromatic rings. The molecule has 372 valence electrons. The zero-order valence-electron chi connectivity index (χ0n) is 38.9. The molecule has 0 unspecified atom stereocenters. The predicted octanol–water partition coefficient (Wildman–Crippen LogP) is 0.318. The van der Waals surface area contributed by atoms with Crippen LogP contribution in [-0.4, -0.2) is 180 Å². The molecule has 65 heavy (non-hydrogen) atoms. The molecule has 8 rings (SSSR count). The second-order valence-electron chi connectivity index (χ2n) is 23.3. The lowest BCUT2D eigenvalue weighted by atomic mass is 9.33. The van der Waals surface area contributed by atoms with Crippen molar-refractivity contribution in [1.82, 2.24) is 0 Å². The summed E-state index contributed by atoms with van der Waals surface area (Å²) < 4.78 is 36.4. The Morgan fingerprint density at radius 3 is 1.86 bits per heavy atom. The van der Waals surface area contributed by atoms with E-state index in [1.54, 1.807) is 0 Å². The van der Waals surface area contributed by atoms with Crippen molar-refractivity contribution < 1.29 is 89.4 Å². The van der Waals surface area contributed by atoms with E-state index in [-0.39, 0.29) is 34.0 Å². The molecule has 3 saturated heterocycles. The highest BCUT2D eigenvalue weighted by atomic mass is 16.8. The van der Waals surface area contributed by atoms with Crippen molar-refractivity contribution in [3.63, 3.8) is 0 Å². The molecule has 0 radical (unpaired) electrons. The number of carbonyl (C=O) groups is 1. The number of hydrogen-bond donors (Lipinski definition) is 11. The number of carboxylic acid groups (broad SMARTS) is 1. The molecule has 0 bridgehead atoms. The Bertz CT molecular complexity index is 1800. The molecular weight excluding hydrogens is 852 g/mol. The van der Waals surface area contributed by atoms with Gasteiger partial charge in [-0.15, -0.1) is 0 Å². The summed E-state index contributed by atoms with van der Waals surface area (Å²) >= 11 is 0. The fourth-order valence-electron chi connectivity index (χ4n) is 15.0. The molecule has 7 fully saturated rings. The maximum Gasteiger partial charge on any atom is 0.312 e. The Morgan fingerprint density at radius 1 is 0.723 bits per heavy atom. The first-order valence-electron chi connectivity index (χ1n) is 23.8. The third kappa shape index (κ3) is 7.53. The maximum absolute atomic E-state index is 13.2. The normalized spacial score (nSPS) is 53.8. The monoisotopic (exact) mass is 929 g/mol. The van der Waals surface area contributed by atoms with Crippen LogP contribution in [0.4, 0.5) is 0 Å². The summed E-state index contributed by atoms with van der Waals surface area (Å²) in [7, 11) is 0. The fraction of sp³-hybridized carbons (Fsp3) is 0.936. The fourth-order valence-corrected chi connectivity index (χ4v) is 15.0. The number of ether oxygens (including phenoxy) is 6. The van der Waals surface area contributed by atoms with E-state index in [2.05, 4.69) is 54.5 Å². The van der Waals surface area contributed by atoms with Gasteiger partial charge >= 0.3 is 5.97 Å². The molecule has 18 nitrogen and oxygen atoms in total. The van der Waals surface area contributed by atoms with Crippen molar-refractivity contribution in [3.8, 4) is 0 Å². The number of carboxylic acids is 1. The van der Waals surface area contributed by atoms with Crippen LogP contribution in [-0.2, 0) is 33.2 Å². The minimum Gasteiger partial charge on any atom is -0.481 e. The van der Waals surface area contributed by atoms with Gasteiger partial charge in [0.05, 0.1) is 38.6 Å². The minimum absolute atomic E-state index is 0.0583. The number of hydrogen-bond acceptors (Lipinski definition) is 17. The van der Waals surface area contributed by atoms with Gasteiger partial charge in [-0.25, -0.2) is 0 Å². The first kappa shape index (κ1) is 50.0. The van der Waals surface area contributed by atoms with Crippen LogP contribution in [0.3, 0.4) is 0 Å². The number of fused-ring (bicyclic) bond motifs is 7. The average Bonchev–Trinajstić information content (AvgIpc) is 3.52. The van der Waals surface area contributed by atoms with E-state index in [1.165, 1.54) is 5.57 Å². The van der Waals surface area contributed by atoms with Gasteiger partial charge in [-0.05, 0) is 103 Å². The van der Waals surface area contributed by atoms with Crippen molar-refractivity contribution in [2.24, 2.45) is 50.2 Å². The molecule has 11 N–H and O–H groups in total. The molecular formula is C47H76O18. The second-order valence-corrected chi connectivity index (χ2v) is 23.3. The largest absolute Gasteiger partial charge is 0.481 e. The Kier molecular flexibility index (Phi) is 13.2. The number of allylic oxidation sites excluding steroid dienone is 2. The minimum atomic E-state index is -2.10. The third-order valence-electron chi connectivity index (χ3n) is 19.1. The number of aliphatic hydroxyl groups is 10. The Morgan fingerprint density at radius 2 is 1.31 bits per heavy atom. The topological polar surface area (TPSA) is 295 Å². The maximum atomic E-state index is 13.2. The highest BCUT2D eigenvalue weighted by Crippen LogP contribution is 2.76. The molecule has 0 aromatic carbocycles. The molecule has 4 saturated carbocycles. The van der Waals surface area contributed by atoms with Crippen molar-refractivity contribution in [2.45, 2.75) is 198 Å². The molecule has 0 aromatic heterocycles. The molecule has 22 atom stereocenters. The van der Waals surface area contributed by atoms with E-state index < -0.39 is 140 Å². The van der Waals surface area contributed by atoms with Crippen LogP contribution in [0.1, 0.15) is 106 Å². The SMILES string of the molecule is CC1(C)CC[C@@]2(C(=O)O)[C@H](O)C[C@@]3(C)C(=CC[C@H]4[C@]5(C)CC[C@@H](O[C@H]6O[C@@H](CO)[C@H](O)[C@@H](O)[C@@H]6O[C@@H]6O[C@H](CO)[C@@H](O)[C@H](O)[C@@H]6O[C@@H]6OC[C@](O)(CO)[C@@H]6O)C(C)(C)[C@@H]5CC[C@]43C)[C@@H]2C1. The average molecular weight is 929 g/mol. The predicted molar refractivity (Wildman–Crippen MR) is 226 cm³/mol. The quantitative estimate of drug-likeness (QED) is 0.104. The van der Waals surface area contributed by atoms with E-state index in [0.717, 1.165) is 32.1 Å². The van der Waals surface area contributed by atoms with Gasteiger partial charge in [0.1, 0.15) is 66.0 Å². The smallest absolute Gasteiger partial charge is 0.312 e. The van der Waals surface area contributed by atoms with Gasteiger partial charge in [-0.1, -0.05) is 60.1 Å². The van der Waals surface area contributed by atoms with Gasteiger partial charge < -0.3 is 84.6 Å². The first-order valence-corrected chi connectivity index (χ1v) is 23.8. The van der Waals surface area contributed by atoms with E-state index >= 15 is 0 Å². The molecule has 5 aliphatic carbocycles. The van der Waals surface area contributed by atoms with E-state index in [0.29, 0.717) is 25.7 Å². The number of rotatable bonds is 10. The van der Waals surface area contributed by atoms with Crippen LogP contribution < -0.4 is 0 Å². The van der Waals surface area contributed by atoms with Crippen LogP contribution in [0.15, 0.2) is 11.6 Å². The first-order chi connectivity index (χ1) is 30.3. The summed E-state index contributed by atoms with van der Waals surface area (Å²) in [5.41, 5.74) is -3.59. The standard InChI is InChI=1S/C47H76O18/c1-41(2)14-15-47(40(57)58)23(16-41)22-8-9-27-43(5)12-11-29(42(3,4)26(43)10-13-44(27,6)45(22,7)17-28(47)51)63-37-34(32(54)30(52)24(18-48)61-37)64-38-35(33(55)31(53)25(19-49)62-38)65-39-36(56)46(59,20-50)21-60-39/h8,23-39,48-56,59H,9-21H2,1-7H3,(H,57,58)/t23-,24-,25+,26-,27-,28+,29+,30-,31+,32+,33-,34-,35-,36+,37+,38-,39-,43+,44+,45-,46+,47-/m0/s1. The third-order valence-corrected chi connectivity index (χ3v) is 19.1. The number of aliphatic carboxylic acids is 1. The van der Waals surface area contributed by atoms with E-state index in [4.69, 9.17) is 28.4 Å². The van der Waals surface area contributed by atoms with Gasteiger partial charge in [0.15, 0.2) is 18.9 Å². The highest BCUT2D eigenvalue weighted by molar-refractivity contribution is 5.77. The zero-order valence-corrected chi connectivity index (χ0v) is 38.9. The van der Waals surface area contributed by atoms with Gasteiger partial charge in [-0.3, -0.25) is 4.79 Å². The molecule has 0 spiro atoms. The van der Waals surface area contributed by atoms with Crippen LogP contribution in [0.25, 0.3) is 0 Å². The highest BCUT2D eigenvalue weighted by Gasteiger charge is 2.71. The summed E-state index contributed by atoms with van der Waals surface area (Å²) in [5, 5.41) is 119. The molecule has 18 heteroatoms. The Hall–Kier alpha value is -1.43. The molecule has 3 heterocycles. The van der Waals surface area contributed by atoms with Crippen molar-refractivity contribution in [1.29, 1.82) is 0 Å². The van der Waals surface area contributed by atoms with Crippen LogP contribution >= 0.6 is 0 Å². The summed E-state index contributed by atoms with van der Waals surface area (Å²) in [4.78, 5) is 13.2. The van der Waals surface area contributed by atoms with Crippen molar-refractivity contribution in [3.05, 3.63) is 11.6 Å². The lowest BCUT2D eigenvalue weighted by Crippen LogP contribution is -2.68. The van der Waals surface area contributed by atoms with Crippen LogP contribution in [0, 0.1) is 50.2 Å². The van der Waals surface area contributed by atoms with Crippen LogP contribution in [0.5, 0.6) is 0 Å². The lowest BCUT2D eigenvalue weighted by Gasteiger charge is -2.71. The summed E-state index contributed by atoms with van der Waals surface area (Å²) in [6.45, 7) is 12.8.